The van der Waals surface area contributed by atoms with Gasteiger partial charge in [0.1, 0.15) is 0 Å². The van der Waals surface area contributed by atoms with Crippen molar-refractivity contribution in [2.45, 2.75) is 34.6 Å². The van der Waals surface area contributed by atoms with Gasteiger partial charge in [-0.1, -0.05) is 64.1 Å². The van der Waals surface area contributed by atoms with Crippen LogP contribution >= 0.6 is 0 Å². The molecule has 0 saturated carbocycles. The number of carbonyl (C=O) groups is 2. The van der Waals surface area contributed by atoms with E-state index in [1.54, 1.807) is 19.2 Å². The highest BCUT2D eigenvalue weighted by Crippen LogP contribution is 2.31. The minimum atomic E-state index is -1.01. The molecule has 0 aliphatic rings. The van der Waals surface area contributed by atoms with Crippen LogP contribution in [0.4, 0.5) is 16.2 Å². The van der Waals surface area contributed by atoms with Gasteiger partial charge in [0.25, 0.3) is 0 Å². The number of amides is 2. The first-order chi connectivity index (χ1) is 15.7. The van der Waals surface area contributed by atoms with Crippen molar-refractivity contribution in [3.63, 3.8) is 0 Å². The summed E-state index contributed by atoms with van der Waals surface area (Å²) in [5, 5.41) is 16.0. The summed E-state index contributed by atoms with van der Waals surface area (Å²) in [4.78, 5) is 26.0. The maximum Gasteiger partial charge on any atom is 0.339 e. The van der Waals surface area contributed by atoms with Crippen molar-refractivity contribution < 1.29 is 14.7 Å². The molecule has 0 radical (unpaired) electrons. The Balaban J connectivity index is 2.34. The summed E-state index contributed by atoms with van der Waals surface area (Å²) < 4.78 is 0. The summed E-state index contributed by atoms with van der Waals surface area (Å²) in [7, 11) is 0. The standard InChI is InChI=1S/C26H34N4O3/c1-18(2)16-30(17-19(3)4)24-12-11-22(20(5)13-25(31)32)14-23(24)28-26(33)29-27-15-21-9-7-6-8-10-21/h6-15,18-19H,16-17H2,1-5H3,(H,31,32)(H2,28,29,33)/b20-13+,27-15+. The number of hydrogen-bond acceptors (Lipinski definition) is 4. The Labute approximate surface area is 196 Å². The topological polar surface area (TPSA) is 94.0 Å². The SMILES string of the molecule is C/C(=C\C(=O)O)c1ccc(N(CC(C)C)CC(C)C)c(NC(=O)N/N=C/c2ccccc2)c1. The van der Waals surface area contributed by atoms with E-state index >= 15 is 0 Å². The quantitative estimate of drug-likeness (QED) is 0.255. The molecule has 7 heteroatoms. The molecule has 0 aromatic heterocycles. The maximum atomic E-state index is 12.6. The fourth-order valence-corrected chi connectivity index (χ4v) is 3.43. The highest BCUT2D eigenvalue weighted by atomic mass is 16.4. The third kappa shape index (κ3) is 8.80. The lowest BCUT2D eigenvalue weighted by Gasteiger charge is -2.30. The van der Waals surface area contributed by atoms with E-state index in [9.17, 15) is 9.59 Å². The number of nitrogens with one attached hydrogen (secondary N) is 2. The van der Waals surface area contributed by atoms with Crippen LogP contribution < -0.4 is 15.6 Å². The van der Waals surface area contributed by atoms with Crippen LogP contribution in [-0.4, -0.2) is 36.4 Å². The van der Waals surface area contributed by atoms with Crippen molar-refractivity contribution in [2.75, 3.05) is 23.3 Å². The fourth-order valence-electron chi connectivity index (χ4n) is 3.43. The summed E-state index contributed by atoms with van der Waals surface area (Å²) in [6, 6.07) is 14.6. The molecule has 33 heavy (non-hydrogen) atoms. The lowest BCUT2D eigenvalue weighted by molar-refractivity contribution is -0.131. The summed E-state index contributed by atoms with van der Waals surface area (Å²) in [6.07, 6.45) is 2.73. The summed E-state index contributed by atoms with van der Waals surface area (Å²) in [5.74, 6) is -0.163. The molecule has 0 heterocycles. The number of allylic oxidation sites excluding steroid dienone is 1. The number of urea groups is 1. The van der Waals surface area contributed by atoms with Gasteiger partial charge in [0.15, 0.2) is 0 Å². The molecule has 0 atom stereocenters. The van der Waals surface area contributed by atoms with Crippen molar-refractivity contribution >= 4 is 35.2 Å². The third-order valence-electron chi connectivity index (χ3n) is 4.73. The van der Waals surface area contributed by atoms with E-state index in [2.05, 4.69) is 48.4 Å². The van der Waals surface area contributed by atoms with Gasteiger partial charge >= 0.3 is 12.0 Å². The van der Waals surface area contributed by atoms with E-state index in [0.717, 1.165) is 36.0 Å². The second kappa shape index (κ2) is 12.4. The zero-order valence-electron chi connectivity index (χ0n) is 20.0. The van der Waals surface area contributed by atoms with Gasteiger partial charge in [0.2, 0.25) is 0 Å². The molecule has 7 nitrogen and oxygen atoms in total. The summed E-state index contributed by atoms with van der Waals surface area (Å²) in [5.41, 5.74) is 6.17. The van der Waals surface area contributed by atoms with E-state index in [1.807, 2.05) is 42.5 Å². The zero-order chi connectivity index (χ0) is 24.4. The van der Waals surface area contributed by atoms with E-state index in [-0.39, 0.29) is 0 Å². The predicted octanol–water partition coefficient (Wildman–Crippen LogP) is 5.45. The number of carbonyl (C=O) groups excluding carboxylic acids is 1. The number of aliphatic carboxylic acids is 1. The molecule has 0 aliphatic heterocycles. The van der Waals surface area contributed by atoms with Crippen molar-refractivity contribution in [2.24, 2.45) is 16.9 Å². The average Bonchev–Trinajstić information content (AvgIpc) is 2.73. The van der Waals surface area contributed by atoms with E-state index in [1.165, 1.54) is 0 Å². The van der Waals surface area contributed by atoms with Gasteiger partial charge < -0.3 is 15.3 Å². The van der Waals surface area contributed by atoms with E-state index < -0.39 is 12.0 Å². The molecule has 0 fully saturated rings. The van der Waals surface area contributed by atoms with Crippen molar-refractivity contribution in [1.29, 1.82) is 0 Å². The minimum absolute atomic E-state index is 0.425. The average molecular weight is 451 g/mol. The Morgan fingerprint density at radius 2 is 1.67 bits per heavy atom. The van der Waals surface area contributed by atoms with Gasteiger partial charge in [-0.05, 0) is 47.6 Å². The smallest absolute Gasteiger partial charge is 0.339 e. The Bertz CT molecular complexity index is 988. The van der Waals surface area contributed by atoms with Crippen LogP contribution in [0.2, 0.25) is 0 Å². The Morgan fingerprint density at radius 3 is 2.24 bits per heavy atom. The molecule has 2 rings (SSSR count). The van der Waals surface area contributed by atoms with Crippen molar-refractivity contribution in [3.8, 4) is 0 Å². The lowest BCUT2D eigenvalue weighted by atomic mass is 10.0. The van der Waals surface area contributed by atoms with Gasteiger partial charge in [0.05, 0.1) is 17.6 Å². The number of carboxylic acids is 1. The Hall–Kier alpha value is -3.61. The Kier molecular flexibility index (Phi) is 9.66. The highest BCUT2D eigenvalue weighted by Gasteiger charge is 2.17. The molecule has 2 aromatic carbocycles. The molecule has 0 saturated heterocycles. The summed E-state index contributed by atoms with van der Waals surface area (Å²) >= 11 is 0. The first-order valence-corrected chi connectivity index (χ1v) is 11.1. The molecule has 176 valence electrons. The lowest BCUT2D eigenvalue weighted by Crippen LogP contribution is -2.33. The number of hydrogen-bond donors (Lipinski definition) is 3. The second-order valence-corrected chi connectivity index (χ2v) is 8.83. The Morgan fingerprint density at radius 1 is 1.03 bits per heavy atom. The largest absolute Gasteiger partial charge is 0.478 e. The van der Waals surface area contributed by atoms with Gasteiger partial charge in [-0.2, -0.15) is 5.10 Å². The molecule has 0 bridgehead atoms. The third-order valence-corrected chi connectivity index (χ3v) is 4.73. The van der Waals surface area contributed by atoms with Gasteiger partial charge in [-0.25, -0.2) is 15.0 Å². The normalized spacial score (nSPS) is 11.8. The predicted molar refractivity (Wildman–Crippen MR) is 136 cm³/mol. The number of rotatable bonds is 10. The van der Waals surface area contributed by atoms with Crippen LogP contribution in [0.3, 0.4) is 0 Å². The molecular formula is C26H34N4O3. The van der Waals surface area contributed by atoms with Crippen LogP contribution in [0.1, 0.15) is 45.7 Å². The molecule has 3 N–H and O–H groups in total. The van der Waals surface area contributed by atoms with Crippen LogP contribution in [0.15, 0.2) is 59.7 Å². The number of anilines is 2. The van der Waals surface area contributed by atoms with Crippen LogP contribution in [-0.2, 0) is 4.79 Å². The van der Waals surface area contributed by atoms with Crippen LogP contribution in [0.25, 0.3) is 5.57 Å². The first kappa shape index (κ1) is 25.6. The second-order valence-electron chi connectivity index (χ2n) is 8.83. The van der Waals surface area contributed by atoms with Gasteiger partial charge in [-0.15, -0.1) is 0 Å². The number of carboxylic acid groups (broad SMARTS) is 1. The zero-order valence-corrected chi connectivity index (χ0v) is 20.0. The van der Waals surface area contributed by atoms with E-state index in [0.29, 0.717) is 23.1 Å². The monoisotopic (exact) mass is 450 g/mol. The van der Waals surface area contributed by atoms with Crippen molar-refractivity contribution in [3.05, 3.63) is 65.7 Å². The van der Waals surface area contributed by atoms with E-state index in [4.69, 9.17) is 5.11 Å². The summed E-state index contributed by atoms with van der Waals surface area (Å²) in [6.45, 7) is 12.0. The van der Waals surface area contributed by atoms with Crippen LogP contribution in [0.5, 0.6) is 0 Å². The molecule has 0 aliphatic carbocycles. The fraction of sp³-hybridized carbons (Fsp3) is 0.346. The molecule has 2 aromatic rings. The van der Waals surface area contributed by atoms with Gasteiger partial charge in [0, 0.05) is 19.2 Å². The van der Waals surface area contributed by atoms with Gasteiger partial charge in [-0.3, -0.25) is 0 Å². The first-order valence-electron chi connectivity index (χ1n) is 11.1. The highest BCUT2D eigenvalue weighted by molar-refractivity contribution is 5.96. The number of hydrazone groups is 1. The van der Waals surface area contributed by atoms with Crippen molar-refractivity contribution in [1.82, 2.24) is 5.43 Å². The van der Waals surface area contributed by atoms with Crippen LogP contribution in [0, 0.1) is 11.8 Å². The number of benzene rings is 2. The molecule has 0 unspecified atom stereocenters. The maximum absolute atomic E-state index is 12.6. The number of nitrogens with zero attached hydrogens (tertiary/aromatic N) is 2. The molecule has 2 amide bonds. The molecule has 0 spiro atoms. The minimum Gasteiger partial charge on any atom is -0.478 e. The molecular weight excluding hydrogens is 416 g/mol.